The van der Waals surface area contributed by atoms with E-state index in [0.717, 1.165) is 10.9 Å². The molecule has 0 aliphatic rings. The van der Waals surface area contributed by atoms with E-state index < -0.39 is 12.1 Å². The lowest BCUT2D eigenvalue weighted by atomic mass is 10.2. The molecule has 0 aliphatic carbocycles. The number of nitrogens with one attached hydrogen (secondary N) is 1. The number of benzene rings is 2. The Bertz CT molecular complexity index is 894. The predicted octanol–water partition coefficient (Wildman–Crippen LogP) is 3.10. The molecule has 0 spiro atoms. The van der Waals surface area contributed by atoms with Gasteiger partial charge in [-0.3, -0.25) is 4.79 Å². The minimum atomic E-state index is -0.899. The summed E-state index contributed by atoms with van der Waals surface area (Å²) in [5.41, 5.74) is 1.87. The molecule has 1 amide bonds. The van der Waals surface area contributed by atoms with Gasteiger partial charge in [0.25, 0.3) is 5.91 Å². The number of esters is 1. The van der Waals surface area contributed by atoms with Gasteiger partial charge in [-0.15, -0.1) is 0 Å². The monoisotopic (exact) mass is 334 g/mol. The number of carbonyl (C=O) groups excluding carboxylic acids is 2. The second-order valence-corrected chi connectivity index (χ2v) is 5.64. The van der Waals surface area contributed by atoms with Gasteiger partial charge >= 0.3 is 5.97 Å². The molecule has 5 heteroatoms. The quantitative estimate of drug-likeness (QED) is 0.728. The summed E-state index contributed by atoms with van der Waals surface area (Å²) in [6, 6.07) is 20.4. The van der Waals surface area contributed by atoms with Crippen LogP contribution in [0.3, 0.4) is 0 Å². The fourth-order valence-electron chi connectivity index (χ4n) is 2.38. The molecule has 0 fully saturated rings. The maximum absolute atomic E-state index is 12.2. The van der Waals surface area contributed by atoms with Crippen LogP contribution in [-0.2, 0) is 16.1 Å². The largest absolute Gasteiger partial charge is 0.448 e. The van der Waals surface area contributed by atoms with Crippen LogP contribution in [-0.4, -0.2) is 23.0 Å². The summed E-state index contributed by atoms with van der Waals surface area (Å²) < 4.78 is 5.22. The molecule has 25 heavy (non-hydrogen) atoms. The number of rotatable bonds is 5. The molecule has 0 saturated heterocycles. The zero-order chi connectivity index (χ0) is 17.6. The first-order valence-electron chi connectivity index (χ1n) is 8.02. The summed E-state index contributed by atoms with van der Waals surface area (Å²) in [5, 5.41) is 3.69. The molecule has 0 radical (unpaired) electrons. The van der Waals surface area contributed by atoms with Crippen LogP contribution in [0.5, 0.6) is 0 Å². The Balaban J connectivity index is 1.59. The van der Waals surface area contributed by atoms with Crippen LogP contribution in [0.2, 0.25) is 0 Å². The number of amides is 1. The van der Waals surface area contributed by atoms with Crippen LogP contribution >= 0.6 is 0 Å². The molecular formula is C20H18N2O3. The number of hydrogen-bond donors (Lipinski definition) is 1. The molecule has 5 nitrogen and oxygen atoms in total. The van der Waals surface area contributed by atoms with Crippen molar-refractivity contribution in [2.75, 3.05) is 0 Å². The molecule has 3 aromatic rings. The summed E-state index contributed by atoms with van der Waals surface area (Å²) in [7, 11) is 0. The van der Waals surface area contributed by atoms with Crippen LogP contribution in [0.4, 0.5) is 0 Å². The van der Waals surface area contributed by atoms with E-state index >= 15 is 0 Å². The fourth-order valence-corrected chi connectivity index (χ4v) is 2.38. The zero-order valence-corrected chi connectivity index (χ0v) is 13.8. The van der Waals surface area contributed by atoms with Gasteiger partial charge in [0.05, 0.1) is 5.52 Å². The highest BCUT2D eigenvalue weighted by Crippen LogP contribution is 2.13. The minimum absolute atomic E-state index is 0.182. The number of aromatic nitrogens is 1. The Morgan fingerprint density at radius 1 is 1.00 bits per heavy atom. The van der Waals surface area contributed by atoms with E-state index in [0.29, 0.717) is 12.1 Å². The van der Waals surface area contributed by atoms with E-state index in [4.69, 9.17) is 4.74 Å². The number of hydrogen-bond acceptors (Lipinski definition) is 4. The van der Waals surface area contributed by atoms with Crippen molar-refractivity contribution in [1.29, 1.82) is 0 Å². The van der Waals surface area contributed by atoms with E-state index in [1.54, 1.807) is 19.1 Å². The topological polar surface area (TPSA) is 68.3 Å². The zero-order valence-electron chi connectivity index (χ0n) is 13.8. The SMILES string of the molecule is C[C@H](OC(=O)c1ccc2ccccc2n1)C(=O)NCc1ccccc1. The van der Waals surface area contributed by atoms with Crippen LogP contribution < -0.4 is 5.32 Å². The van der Waals surface area contributed by atoms with Crippen molar-refractivity contribution in [3.63, 3.8) is 0 Å². The molecule has 1 aromatic heterocycles. The van der Waals surface area contributed by atoms with Gasteiger partial charge in [0, 0.05) is 11.9 Å². The summed E-state index contributed by atoms with van der Waals surface area (Å²) in [6.07, 6.45) is -0.899. The van der Waals surface area contributed by atoms with Crippen molar-refractivity contribution in [3.05, 3.63) is 78.0 Å². The van der Waals surface area contributed by atoms with Gasteiger partial charge in [-0.2, -0.15) is 0 Å². The van der Waals surface area contributed by atoms with Gasteiger partial charge < -0.3 is 10.1 Å². The van der Waals surface area contributed by atoms with Crippen molar-refractivity contribution in [2.24, 2.45) is 0 Å². The highest BCUT2D eigenvalue weighted by Gasteiger charge is 2.19. The first kappa shape index (κ1) is 16.6. The van der Waals surface area contributed by atoms with Gasteiger partial charge in [-0.25, -0.2) is 9.78 Å². The molecule has 0 unspecified atom stereocenters. The smallest absolute Gasteiger partial charge is 0.357 e. The van der Waals surface area contributed by atoms with Crippen LogP contribution in [0.15, 0.2) is 66.7 Å². The fraction of sp³-hybridized carbons (Fsp3) is 0.150. The van der Waals surface area contributed by atoms with Crippen molar-refractivity contribution in [2.45, 2.75) is 19.6 Å². The Labute approximate surface area is 145 Å². The van der Waals surface area contributed by atoms with Crippen LogP contribution in [0.25, 0.3) is 10.9 Å². The lowest BCUT2D eigenvalue weighted by molar-refractivity contribution is -0.129. The normalized spacial score (nSPS) is 11.7. The van der Waals surface area contributed by atoms with Gasteiger partial charge in [-0.1, -0.05) is 54.6 Å². The average Bonchev–Trinajstić information content (AvgIpc) is 2.66. The van der Waals surface area contributed by atoms with Crippen molar-refractivity contribution in [3.8, 4) is 0 Å². The predicted molar refractivity (Wildman–Crippen MR) is 94.9 cm³/mol. The first-order valence-corrected chi connectivity index (χ1v) is 8.02. The summed E-state index contributed by atoms with van der Waals surface area (Å²) in [4.78, 5) is 28.6. The Hall–Kier alpha value is -3.21. The maximum atomic E-state index is 12.2. The minimum Gasteiger partial charge on any atom is -0.448 e. The van der Waals surface area contributed by atoms with Gasteiger partial charge in [-0.05, 0) is 24.6 Å². The molecule has 1 atom stereocenters. The first-order chi connectivity index (χ1) is 12.1. The van der Waals surface area contributed by atoms with Gasteiger partial charge in [0.15, 0.2) is 6.10 Å². The highest BCUT2D eigenvalue weighted by atomic mass is 16.5. The number of para-hydroxylation sites is 1. The number of carbonyl (C=O) groups is 2. The number of pyridine rings is 1. The molecule has 3 rings (SSSR count). The highest BCUT2D eigenvalue weighted by molar-refractivity contribution is 5.93. The van der Waals surface area contributed by atoms with Crippen molar-refractivity contribution >= 4 is 22.8 Å². The van der Waals surface area contributed by atoms with E-state index in [9.17, 15) is 9.59 Å². The molecule has 2 aromatic carbocycles. The van der Waals surface area contributed by atoms with Gasteiger partial charge in [0.2, 0.25) is 0 Å². The van der Waals surface area contributed by atoms with E-state index in [-0.39, 0.29) is 11.6 Å². The number of fused-ring (bicyclic) bond motifs is 1. The van der Waals surface area contributed by atoms with Crippen molar-refractivity contribution in [1.82, 2.24) is 10.3 Å². The van der Waals surface area contributed by atoms with Crippen LogP contribution in [0.1, 0.15) is 23.0 Å². The number of ether oxygens (including phenoxy) is 1. The third kappa shape index (κ3) is 4.20. The second kappa shape index (κ2) is 7.57. The molecule has 1 heterocycles. The van der Waals surface area contributed by atoms with Crippen molar-refractivity contribution < 1.29 is 14.3 Å². The second-order valence-electron chi connectivity index (χ2n) is 5.64. The Morgan fingerprint density at radius 3 is 2.52 bits per heavy atom. The third-order valence-electron chi connectivity index (χ3n) is 3.77. The standard InChI is InChI=1S/C20H18N2O3/c1-14(19(23)21-13-15-7-3-2-4-8-15)25-20(24)18-12-11-16-9-5-6-10-17(16)22-18/h2-12,14H,13H2,1H3,(H,21,23)/t14-/m0/s1. The van der Waals surface area contributed by atoms with E-state index in [2.05, 4.69) is 10.3 Å². The van der Waals surface area contributed by atoms with Crippen LogP contribution in [0, 0.1) is 0 Å². The number of nitrogens with zero attached hydrogens (tertiary/aromatic N) is 1. The summed E-state index contributed by atoms with van der Waals surface area (Å²) in [5.74, 6) is -0.967. The molecule has 0 bridgehead atoms. The molecular weight excluding hydrogens is 316 g/mol. The van der Waals surface area contributed by atoms with E-state index in [1.165, 1.54) is 0 Å². The molecule has 126 valence electrons. The average molecular weight is 334 g/mol. The molecule has 0 aliphatic heterocycles. The summed E-state index contributed by atoms with van der Waals surface area (Å²) >= 11 is 0. The lowest BCUT2D eigenvalue weighted by Gasteiger charge is -2.13. The maximum Gasteiger partial charge on any atom is 0.357 e. The lowest BCUT2D eigenvalue weighted by Crippen LogP contribution is -2.35. The van der Waals surface area contributed by atoms with Gasteiger partial charge in [0.1, 0.15) is 5.69 Å². The van der Waals surface area contributed by atoms with E-state index in [1.807, 2.05) is 54.6 Å². The molecule has 1 N–H and O–H groups in total. The Morgan fingerprint density at radius 2 is 1.72 bits per heavy atom. The molecule has 0 saturated carbocycles. The Kier molecular flexibility index (Phi) is 5.04. The third-order valence-corrected chi connectivity index (χ3v) is 3.77. The summed E-state index contributed by atoms with van der Waals surface area (Å²) in [6.45, 7) is 1.93.